The molecule has 0 amide bonds. The fourth-order valence-corrected chi connectivity index (χ4v) is 2.67. The molecule has 1 aliphatic carbocycles. The number of anilines is 3. The number of halogens is 2. The van der Waals surface area contributed by atoms with E-state index in [-0.39, 0.29) is 5.95 Å². The van der Waals surface area contributed by atoms with Gasteiger partial charge in [-0.1, -0.05) is 6.07 Å². The Hall–Kier alpha value is -3.10. The Bertz CT molecular complexity index is 923. The normalized spacial score (nSPS) is 14.9. The van der Waals surface area contributed by atoms with Crippen LogP contribution in [-0.2, 0) is 0 Å². The molecule has 3 aromatic rings. The summed E-state index contributed by atoms with van der Waals surface area (Å²) in [5.41, 5.74) is 1.42. The molecule has 0 aliphatic heterocycles. The van der Waals surface area contributed by atoms with Gasteiger partial charge in [0.05, 0.1) is 6.04 Å². The van der Waals surface area contributed by atoms with Crippen LogP contribution in [0, 0.1) is 11.6 Å². The standard InChI is InChI=1S/C17H17F2N7/c1-9(12-5-4-11(18)6-13(12)19)22-16-20-8-21-17(24-16)23-15-7-14(25-26-15)10-2-3-10/h4-10H,2-3H2,1H3,(H3,20,21,22,23,24,25,26)/t9-/m1/s1. The van der Waals surface area contributed by atoms with Crippen molar-refractivity contribution in [3.8, 4) is 0 Å². The first kappa shape index (κ1) is 16.4. The number of benzene rings is 1. The lowest BCUT2D eigenvalue weighted by Crippen LogP contribution is -2.12. The summed E-state index contributed by atoms with van der Waals surface area (Å²) in [6, 6.07) is 4.95. The molecule has 4 rings (SSSR count). The van der Waals surface area contributed by atoms with E-state index in [2.05, 4.69) is 35.8 Å². The molecule has 1 aliphatic rings. The van der Waals surface area contributed by atoms with Crippen molar-refractivity contribution in [2.24, 2.45) is 0 Å². The van der Waals surface area contributed by atoms with Gasteiger partial charge in [-0.3, -0.25) is 5.10 Å². The van der Waals surface area contributed by atoms with Gasteiger partial charge in [0.2, 0.25) is 11.9 Å². The van der Waals surface area contributed by atoms with Crippen molar-refractivity contribution in [2.45, 2.75) is 31.7 Å². The Labute approximate surface area is 148 Å². The highest BCUT2D eigenvalue weighted by molar-refractivity contribution is 5.49. The van der Waals surface area contributed by atoms with Crippen molar-refractivity contribution in [2.75, 3.05) is 10.6 Å². The molecule has 0 spiro atoms. The van der Waals surface area contributed by atoms with E-state index in [0.29, 0.717) is 23.2 Å². The van der Waals surface area contributed by atoms with Gasteiger partial charge in [-0.05, 0) is 25.8 Å². The van der Waals surface area contributed by atoms with E-state index in [4.69, 9.17) is 0 Å². The van der Waals surface area contributed by atoms with Gasteiger partial charge >= 0.3 is 0 Å². The SMILES string of the molecule is C[C@@H](Nc1ncnc(Nc2cc(C3CC3)[nH]n2)n1)c1ccc(F)cc1F. The topological polar surface area (TPSA) is 91.4 Å². The maximum atomic E-state index is 13.9. The minimum absolute atomic E-state index is 0.275. The predicted octanol–water partition coefficient (Wildman–Crippen LogP) is 3.67. The summed E-state index contributed by atoms with van der Waals surface area (Å²) in [6.07, 6.45) is 3.71. The van der Waals surface area contributed by atoms with Crippen LogP contribution < -0.4 is 10.6 Å². The number of nitrogens with zero attached hydrogens (tertiary/aromatic N) is 4. The lowest BCUT2D eigenvalue weighted by atomic mass is 10.1. The third-order valence-corrected chi connectivity index (χ3v) is 4.20. The molecule has 2 aromatic heterocycles. The number of H-pyrrole nitrogens is 1. The second-order valence-electron chi connectivity index (χ2n) is 6.27. The Kier molecular flexibility index (Phi) is 4.19. The molecule has 7 nitrogen and oxygen atoms in total. The van der Waals surface area contributed by atoms with E-state index in [9.17, 15) is 8.78 Å². The van der Waals surface area contributed by atoms with E-state index in [0.717, 1.165) is 11.8 Å². The molecule has 26 heavy (non-hydrogen) atoms. The second-order valence-corrected chi connectivity index (χ2v) is 6.27. The van der Waals surface area contributed by atoms with Crippen molar-refractivity contribution in [3.63, 3.8) is 0 Å². The largest absolute Gasteiger partial charge is 0.347 e. The average molecular weight is 357 g/mol. The molecular formula is C17H17F2N7. The highest BCUT2D eigenvalue weighted by Gasteiger charge is 2.25. The van der Waals surface area contributed by atoms with Crippen molar-refractivity contribution in [1.29, 1.82) is 0 Å². The fraction of sp³-hybridized carbons (Fsp3) is 0.294. The highest BCUT2D eigenvalue weighted by Crippen LogP contribution is 2.39. The first-order valence-corrected chi connectivity index (χ1v) is 8.31. The van der Waals surface area contributed by atoms with Crippen molar-refractivity contribution in [3.05, 3.63) is 53.5 Å². The van der Waals surface area contributed by atoms with E-state index in [1.807, 2.05) is 6.07 Å². The van der Waals surface area contributed by atoms with Gasteiger partial charge in [0, 0.05) is 29.3 Å². The van der Waals surface area contributed by atoms with Gasteiger partial charge in [0.25, 0.3) is 0 Å². The summed E-state index contributed by atoms with van der Waals surface area (Å²) < 4.78 is 26.9. The molecule has 1 atom stereocenters. The first-order chi connectivity index (χ1) is 12.6. The Morgan fingerprint density at radius 1 is 1.15 bits per heavy atom. The first-order valence-electron chi connectivity index (χ1n) is 8.31. The number of aromatic amines is 1. The van der Waals surface area contributed by atoms with E-state index >= 15 is 0 Å². The number of rotatable bonds is 6. The Morgan fingerprint density at radius 3 is 2.73 bits per heavy atom. The summed E-state index contributed by atoms with van der Waals surface area (Å²) >= 11 is 0. The van der Waals surface area contributed by atoms with Crippen LogP contribution in [0.5, 0.6) is 0 Å². The molecule has 3 N–H and O–H groups in total. The molecule has 0 unspecified atom stereocenters. The van der Waals surface area contributed by atoms with Crippen LogP contribution in [0.2, 0.25) is 0 Å². The van der Waals surface area contributed by atoms with Crippen molar-refractivity contribution in [1.82, 2.24) is 25.1 Å². The van der Waals surface area contributed by atoms with Crippen LogP contribution in [0.3, 0.4) is 0 Å². The third-order valence-electron chi connectivity index (χ3n) is 4.20. The van der Waals surface area contributed by atoms with Crippen LogP contribution in [0.15, 0.2) is 30.6 Å². The van der Waals surface area contributed by atoms with Gasteiger partial charge in [-0.25, -0.2) is 18.7 Å². The zero-order chi connectivity index (χ0) is 18.1. The number of hydrogen-bond acceptors (Lipinski definition) is 6. The smallest absolute Gasteiger partial charge is 0.233 e. The summed E-state index contributed by atoms with van der Waals surface area (Å²) in [7, 11) is 0. The minimum Gasteiger partial charge on any atom is -0.347 e. The van der Waals surface area contributed by atoms with Crippen molar-refractivity contribution < 1.29 is 8.78 Å². The molecule has 1 fully saturated rings. The maximum absolute atomic E-state index is 13.9. The van der Waals surface area contributed by atoms with E-state index < -0.39 is 17.7 Å². The molecule has 134 valence electrons. The Balaban J connectivity index is 1.46. The highest BCUT2D eigenvalue weighted by atomic mass is 19.1. The van der Waals surface area contributed by atoms with Crippen LogP contribution in [0.1, 0.15) is 43.0 Å². The van der Waals surface area contributed by atoms with Crippen molar-refractivity contribution >= 4 is 17.7 Å². The molecule has 0 saturated heterocycles. The molecule has 1 saturated carbocycles. The quantitative estimate of drug-likeness (QED) is 0.623. The molecule has 2 heterocycles. The molecule has 0 radical (unpaired) electrons. The molecule has 1 aromatic carbocycles. The molecule has 9 heteroatoms. The zero-order valence-corrected chi connectivity index (χ0v) is 14.0. The van der Waals surface area contributed by atoms with Crippen LogP contribution in [0.25, 0.3) is 0 Å². The van der Waals surface area contributed by atoms with E-state index in [1.54, 1.807) is 6.92 Å². The summed E-state index contributed by atoms with van der Waals surface area (Å²) in [5, 5.41) is 13.2. The van der Waals surface area contributed by atoms with Gasteiger partial charge in [0.15, 0.2) is 5.82 Å². The average Bonchev–Trinajstić information content (AvgIpc) is 3.35. The third kappa shape index (κ3) is 3.61. The lowest BCUT2D eigenvalue weighted by Gasteiger charge is -2.15. The monoisotopic (exact) mass is 357 g/mol. The van der Waals surface area contributed by atoms with Gasteiger partial charge < -0.3 is 10.6 Å². The summed E-state index contributed by atoms with van der Waals surface area (Å²) in [4.78, 5) is 12.4. The molecule has 0 bridgehead atoms. The van der Waals surface area contributed by atoms with Crippen LogP contribution >= 0.6 is 0 Å². The number of hydrogen-bond donors (Lipinski definition) is 3. The van der Waals surface area contributed by atoms with Gasteiger partial charge in [0.1, 0.15) is 18.0 Å². The lowest BCUT2D eigenvalue weighted by molar-refractivity contribution is 0.566. The summed E-state index contributed by atoms with van der Waals surface area (Å²) in [5.74, 6) is 0.553. The maximum Gasteiger partial charge on any atom is 0.233 e. The van der Waals surface area contributed by atoms with Crippen LogP contribution in [-0.4, -0.2) is 25.1 Å². The van der Waals surface area contributed by atoms with Gasteiger partial charge in [-0.2, -0.15) is 10.1 Å². The number of nitrogens with one attached hydrogen (secondary N) is 3. The zero-order valence-electron chi connectivity index (χ0n) is 14.0. The Morgan fingerprint density at radius 2 is 1.96 bits per heavy atom. The summed E-state index contributed by atoms with van der Waals surface area (Å²) in [6.45, 7) is 1.74. The minimum atomic E-state index is -0.624. The second kappa shape index (κ2) is 6.66. The van der Waals surface area contributed by atoms with Crippen LogP contribution in [0.4, 0.5) is 26.5 Å². The predicted molar refractivity (Wildman–Crippen MR) is 92.1 cm³/mol. The van der Waals surface area contributed by atoms with Gasteiger partial charge in [-0.15, -0.1) is 0 Å². The fourth-order valence-electron chi connectivity index (χ4n) is 2.67. The molecular weight excluding hydrogens is 340 g/mol. The van der Waals surface area contributed by atoms with E-state index in [1.165, 1.54) is 31.3 Å². The number of aromatic nitrogens is 5.